The monoisotopic (exact) mass is 241 g/mol. The lowest BCUT2D eigenvalue weighted by molar-refractivity contribution is -0.0926. The lowest BCUT2D eigenvalue weighted by atomic mass is 9.61. The molecule has 2 aliphatic carbocycles. The van der Waals surface area contributed by atoms with Crippen LogP contribution in [-0.2, 0) is 4.74 Å². The fourth-order valence-corrected chi connectivity index (χ4v) is 3.13. The van der Waals surface area contributed by atoms with Crippen LogP contribution in [0.15, 0.2) is 0 Å². The van der Waals surface area contributed by atoms with Crippen molar-refractivity contribution < 1.29 is 14.6 Å². The minimum absolute atomic E-state index is 0.0586. The van der Waals surface area contributed by atoms with Crippen LogP contribution in [0.5, 0.6) is 0 Å². The Morgan fingerprint density at radius 1 is 1.35 bits per heavy atom. The molecule has 0 aromatic rings. The maximum Gasteiger partial charge on any atom is 0.407 e. The van der Waals surface area contributed by atoms with E-state index in [2.05, 4.69) is 5.32 Å². The first-order chi connectivity index (χ1) is 7.83. The van der Waals surface area contributed by atoms with E-state index in [1.165, 1.54) is 0 Å². The van der Waals surface area contributed by atoms with Crippen LogP contribution in [0.1, 0.15) is 52.9 Å². The van der Waals surface area contributed by atoms with Crippen molar-refractivity contribution in [2.75, 3.05) is 0 Å². The van der Waals surface area contributed by atoms with Crippen molar-refractivity contribution >= 4 is 6.09 Å². The highest BCUT2D eigenvalue weighted by Crippen LogP contribution is 2.53. The summed E-state index contributed by atoms with van der Waals surface area (Å²) in [4.78, 5) is 11.7. The smallest absolute Gasteiger partial charge is 0.407 e. The van der Waals surface area contributed by atoms with Crippen LogP contribution in [0, 0.1) is 5.41 Å². The van der Waals surface area contributed by atoms with E-state index >= 15 is 0 Å². The lowest BCUT2D eigenvalue weighted by Gasteiger charge is -2.51. The number of hydrogen-bond acceptors (Lipinski definition) is 3. The summed E-state index contributed by atoms with van der Waals surface area (Å²) in [5.41, 5.74) is -0.522. The Morgan fingerprint density at radius 2 is 1.94 bits per heavy atom. The van der Waals surface area contributed by atoms with E-state index < -0.39 is 5.60 Å². The van der Waals surface area contributed by atoms with E-state index in [4.69, 9.17) is 4.74 Å². The van der Waals surface area contributed by atoms with Gasteiger partial charge in [0.2, 0.25) is 0 Å². The molecule has 2 unspecified atom stereocenters. The molecule has 0 aliphatic heterocycles. The zero-order valence-corrected chi connectivity index (χ0v) is 11.0. The number of ether oxygens (including phenoxy) is 1. The first kappa shape index (κ1) is 12.7. The summed E-state index contributed by atoms with van der Waals surface area (Å²) in [7, 11) is 0. The van der Waals surface area contributed by atoms with E-state index in [1.807, 2.05) is 20.8 Å². The second kappa shape index (κ2) is 4.16. The number of carbonyl (C=O) groups is 1. The molecular weight excluding hydrogens is 218 g/mol. The van der Waals surface area contributed by atoms with Crippen molar-refractivity contribution in [3.05, 3.63) is 0 Å². The van der Waals surface area contributed by atoms with Crippen LogP contribution < -0.4 is 5.32 Å². The average molecular weight is 241 g/mol. The number of amides is 1. The van der Waals surface area contributed by atoms with Crippen LogP contribution in [0.2, 0.25) is 0 Å². The number of carbonyl (C=O) groups excluding carboxylic acids is 1. The fraction of sp³-hybridized carbons (Fsp3) is 0.923. The van der Waals surface area contributed by atoms with Crippen LogP contribution in [0.3, 0.4) is 0 Å². The fourth-order valence-electron chi connectivity index (χ4n) is 3.13. The quantitative estimate of drug-likeness (QED) is 0.740. The average Bonchev–Trinajstić information content (AvgIpc) is 2.65. The molecule has 0 heterocycles. The van der Waals surface area contributed by atoms with Crippen molar-refractivity contribution in [2.24, 2.45) is 5.41 Å². The molecule has 2 rings (SSSR count). The Morgan fingerprint density at radius 3 is 2.41 bits per heavy atom. The molecule has 4 nitrogen and oxygen atoms in total. The Bertz CT molecular complexity index is 302. The van der Waals surface area contributed by atoms with Gasteiger partial charge in [0.05, 0.1) is 6.10 Å². The Balaban J connectivity index is 1.90. The summed E-state index contributed by atoms with van der Waals surface area (Å²) >= 11 is 0. The first-order valence-corrected chi connectivity index (χ1v) is 6.51. The Hall–Kier alpha value is -0.770. The van der Waals surface area contributed by atoms with Gasteiger partial charge >= 0.3 is 6.09 Å². The molecule has 0 radical (unpaired) electrons. The number of hydrogen-bond donors (Lipinski definition) is 2. The van der Waals surface area contributed by atoms with Gasteiger partial charge in [-0.25, -0.2) is 4.79 Å². The third kappa shape index (κ3) is 2.41. The van der Waals surface area contributed by atoms with Crippen molar-refractivity contribution in [3.8, 4) is 0 Å². The van der Waals surface area contributed by atoms with E-state index in [9.17, 15) is 9.90 Å². The first-order valence-electron chi connectivity index (χ1n) is 6.51. The second-order valence-corrected chi connectivity index (χ2v) is 6.39. The lowest BCUT2D eigenvalue weighted by Crippen LogP contribution is -2.63. The van der Waals surface area contributed by atoms with E-state index in [1.54, 1.807) is 0 Å². The zero-order chi connectivity index (χ0) is 12.7. The number of nitrogens with one attached hydrogen (secondary N) is 1. The normalized spacial score (nSPS) is 31.1. The van der Waals surface area contributed by atoms with E-state index in [0.29, 0.717) is 6.42 Å². The Kier molecular flexibility index (Phi) is 3.10. The van der Waals surface area contributed by atoms with Gasteiger partial charge in [0.1, 0.15) is 5.60 Å². The van der Waals surface area contributed by atoms with Crippen molar-refractivity contribution in [1.82, 2.24) is 5.32 Å². The maximum absolute atomic E-state index is 11.7. The minimum atomic E-state index is -0.463. The molecule has 2 fully saturated rings. The molecule has 0 saturated heterocycles. The summed E-state index contributed by atoms with van der Waals surface area (Å²) in [5, 5.41) is 12.8. The molecule has 2 N–H and O–H groups in total. The topological polar surface area (TPSA) is 58.6 Å². The molecule has 0 bridgehead atoms. The highest BCUT2D eigenvalue weighted by molar-refractivity contribution is 5.68. The van der Waals surface area contributed by atoms with Crippen molar-refractivity contribution in [3.63, 3.8) is 0 Å². The van der Waals surface area contributed by atoms with E-state index in [0.717, 1.165) is 25.7 Å². The van der Waals surface area contributed by atoms with Gasteiger partial charge in [-0.15, -0.1) is 0 Å². The largest absolute Gasteiger partial charge is 0.444 e. The number of aliphatic hydroxyl groups is 1. The molecule has 2 aliphatic rings. The highest BCUT2D eigenvalue weighted by Gasteiger charge is 2.56. The summed E-state index contributed by atoms with van der Waals surface area (Å²) in [6.45, 7) is 5.56. The number of aliphatic hydroxyl groups excluding tert-OH is 1. The molecule has 98 valence electrons. The predicted octanol–water partition coefficient (Wildman–Crippen LogP) is 2.20. The summed E-state index contributed by atoms with van der Waals surface area (Å²) in [6.07, 6.45) is 4.42. The molecule has 4 heteroatoms. The minimum Gasteiger partial charge on any atom is -0.444 e. The van der Waals surface area contributed by atoms with Gasteiger partial charge in [-0.1, -0.05) is 12.8 Å². The molecular formula is C13H23NO3. The summed E-state index contributed by atoms with van der Waals surface area (Å²) in [5.74, 6) is 0. The van der Waals surface area contributed by atoms with Crippen molar-refractivity contribution in [1.29, 1.82) is 0 Å². The van der Waals surface area contributed by atoms with Crippen molar-refractivity contribution in [2.45, 2.75) is 70.6 Å². The molecule has 0 aromatic heterocycles. The standard InChI is InChI=1S/C13H23NO3/c1-12(2,3)17-11(16)14-9-8-10(15)13(9)6-4-5-7-13/h9-10,15H,4-8H2,1-3H3,(H,14,16). The van der Waals surface area contributed by atoms with Crippen LogP contribution in [-0.4, -0.2) is 28.9 Å². The van der Waals surface area contributed by atoms with Gasteiger partial charge in [-0.2, -0.15) is 0 Å². The van der Waals surface area contributed by atoms with Crippen LogP contribution >= 0.6 is 0 Å². The molecule has 2 atom stereocenters. The van der Waals surface area contributed by atoms with Gasteiger partial charge in [-0.05, 0) is 40.0 Å². The number of alkyl carbamates (subject to hydrolysis) is 1. The third-order valence-electron chi connectivity index (χ3n) is 4.04. The Labute approximate surface area is 103 Å². The summed E-state index contributed by atoms with van der Waals surface area (Å²) in [6, 6.07) is 0.0925. The van der Waals surface area contributed by atoms with E-state index in [-0.39, 0.29) is 23.7 Å². The van der Waals surface area contributed by atoms with Gasteiger partial charge in [0.25, 0.3) is 0 Å². The maximum atomic E-state index is 11.7. The van der Waals surface area contributed by atoms with Crippen LogP contribution in [0.4, 0.5) is 4.79 Å². The second-order valence-electron chi connectivity index (χ2n) is 6.39. The van der Waals surface area contributed by atoms with Crippen LogP contribution in [0.25, 0.3) is 0 Å². The van der Waals surface area contributed by atoms with Gasteiger partial charge in [0, 0.05) is 11.5 Å². The molecule has 1 spiro atoms. The van der Waals surface area contributed by atoms with Gasteiger partial charge in [-0.3, -0.25) is 0 Å². The molecule has 17 heavy (non-hydrogen) atoms. The number of rotatable bonds is 1. The van der Waals surface area contributed by atoms with Gasteiger partial charge < -0.3 is 15.2 Å². The molecule has 2 saturated carbocycles. The molecule has 1 amide bonds. The highest BCUT2D eigenvalue weighted by atomic mass is 16.6. The molecule has 0 aromatic carbocycles. The third-order valence-corrected chi connectivity index (χ3v) is 4.04. The zero-order valence-electron chi connectivity index (χ0n) is 11.0. The predicted molar refractivity (Wildman–Crippen MR) is 64.7 cm³/mol. The summed E-state index contributed by atoms with van der Waals surface area (Å²) < 4.78 is 5.25. The SMILES string of the molecule is CC(C)(C)OC(=O)NC1CC(O)C12CCCC2. The van der Waals surface area contributed by atoms with Gasteiger partial charge in [0.15, 0.2) is 0 Å².